The zero-order chi connectivity index (χ0) is 25.0. The molecule has 6 rings (SSSR count). The van der Waals surface area contributed by atoms with E-state index in [1.807, 2.05) is 91.1 Å². The fourth-order valence-electron chi connectivity index (χ4n) is 4.44. The summed E-state index contributed by atoms with van der Waals surface area (Å²) >= 11 is 0. The molecule has 1 N–H and O–H groups in total. The first-order valence-corrected chi connectivity index (χ1v) is 12.3. The number of carbonyl (C=O) groups is 1. The second-order valence-electron chi connectivity index (χ2n) is 8.83. The average Bonchev–Trinajstić information content (AvgIpc) is 3.58. The molecule has 7 nitrogen and oxygen atoms in total. The Labute approximate surface area is 226 Å². The highest BCUT2D eigenvalue weighted by Crippen LogP contribution is 2.30. The summed E-state index contributed by atoms with van der Waals surface area (Å²) in [6.45, 7) is 3.22. The molecule has 0 radical (unpaired) electrons. The van der Waals surface area contributed by atoms with Crippen LogP contribution >= 0.6 is 12.4 Å². The number of carbonyl (C=O) groups excluding carboxylic acids is 1. The molecule has 0 unspecified atom stereocenters. The maximum absolute atomic E-state index is 12.8. The van der Waals surface area contributed by atoms with Crippen LogP contribution < -0.4 is 10.2 Å². The van der Waals surface area contributed by atoms with Crippen molar-refractivity contribution in [1.82, 2.24) is 9.78 Å². The minimum Gasteiger partial charge on any atom is -0.454 e. The van der Waals surface area contributed by atoms with Crippen molar-refractivity contribution in [3.63, 3.8) is 0 Å². The van der Waals surface area contributed by atoms with Gasteiger partial charge in [0.25, 0.3) is 0 Å². The lowest BCUT2D eigenvalue weighted by Gasteiger charge is -2.28. The Bertz CT molecular complexity index is 1520. The van der Waals surface area contributed by atoms with E-state index >= 15 is 0 Å². The number of nitrogens with one attached hydrogen (secondary N) is 1. The second-order valence-corrected chi connectivity index (χ2v) is 8.83. The van der Waals surface area contributed by atoms with Crippen molar-refractivity contribution in [3.05, 3.63) is 103 Å². The van der Waals surface area contributed by atoms with Crippen molar-refractivity contribution < 1.29 is 13.9 Å². The molecule has 0 bridgehead atoms. The van der Waals surface area contributed by atoms with Gasteiger partial charge in [-0.2, -0.15) is 5.10 Å². The third kappa shape index (κ3) is 5.49. The van der Waals surface area contributed by atoms with Crippen LogP contribution in [0.25, 0.3) is 34.2 Å². The Morgan fingerprint density at radius 2 is 1.63 bits per heavy atom. The van der Waals surface area contributed by atoms with E-state index in [-0.39, 0.29) is 18.3 Å². The molecule has 1 aliphatic heterocycles. The van der Waals surface area contributed by atoms with Gasteiger partial charge in [-0.05, 0) is 54.6 Å². The number of rotatable bonds is 6. The fraction of sp³-hybridized carbons (Fsp3) is 0.133. The molecule has 0 saturated carbocycles. The van der Waals surface area contributed by atoms with E-state index in [9.17, 15) is 4.79 Å². The zero-order valence-corrected chi connectivity index (χ0v) is 21.4. The topological polar surface area (TPSA) is 72.5 Å². The Hall–Kier alpha value is -4.33. The van der Waals surface area contributed by atoms with Gasteiger partial charge in [-0.15, -0.1) is 12.4 Å². The number of benzene rings is 3. The number of halogens is 1. The number of aromatic nitrogens is 2. The molecule has 8 heteroatoms. The number of fused-ring (bicyclic) bond motifs is 1. The van der Waals surface area contributed by atoms with Gasteiger partial charge in [0, 0.05) is 47.7 Å². The van der Waals surface area contributed by atoms with Crippen molar-refractivity contribution in [2.24, 2.45) is 0 Å². The molecule has 0 aliphatic carbocycles. The highest BCUT2D eigenvalue weighted by molar-refractivity contribution is 6.02. The number of para-hydroxylation sites is 2. The van der Waals surface area contributed by atoms with Gasteiger partial charge in [0.05, 0.1) is 18.9 Å². The highest BCUT2D eigenvalue weighted by atomic mass is 35.5. The summed E-state index contributed by atoms with van der Waals surface area (Å²) in [6.07, 6.45) is 5.19. The summed E-state index contributed by atoms with van der Waals surface area (Å²) in [5.41, 5.74) is 5.02. The summed E-state index contributed by atoms with van der Waals surface area (Å²) in [4.78, 5) is 15.0. The predicted molar refractivity (Wildman–Crippen MR) is 153 cm³/mol. The lowest BCUT2D eigenvalue weighted by Crippen LogP contribution is -2.36. The van der Waals surface area contributed by atoms with Gasteiger partial charge in [-0.25, -0.2) is 4.68 Å². The van der Waals surface area contributed by atoms with Crippen molar-refractivity contribution in [2.45, 2.75) is 0 Å². The van der Waals surface area contributed by atoms with E-state index in [1.165, 1.54) is 6.08 Å². The molecule has 38 heavy (non-hydrogen) atoms. The molecule has 5 aromatic rings. The van der Waals surface area contributed by atoms with Crippen LogP contribution in [0.1, 0.15) is 5.56 Å². The van der Waals surface area contributed by atoms with Crippen LogP contribution in [0, 0.1) is 0 Å². The number of anilines is 2. The molecular formula is C30H27ClN4O3. The Morgan fingerprint density at radius 1 is 0.895 bits per heavy atom. The average molecular weight is 527 g/mol. The molecule has 192 valence electrons. The molecule has 1 fully saturated rings. The minimum absolute atomic E-state index is 0. The summed E-state index contributed by atoms with van der Waals surface area (Å²) < 4.78 is 13.3. The van der Waals surface area contributed by atoms with Crippen LogP contribution in [0.15, 0.2) is 102 Å². The molecule has 0 spiro atoms. The van der Waals surface area contributed by atoms with Gasteiger partial charge >= 0.3 is 0 Å². The molecule has 0 atom stereocenters. The normalized spacial score (nSPS) is 13.5. The molecular weight excluding hydrogens is 500 g/mol. The van der Waals surface area contributed by atoms with Gasteiger partial charge in [0.2, 0.25) is 5.91 Å². The predicted octanol–water partition coefficient (Wildman–Crippen LogP) is 6.20. The Morgan fingerprint density at radius 3 is 2.39 bits per heavy atom. The molecule has 3 aromatic carbocycles. The number of hydrogen-bond donors (Lipinski definition) is 1. The third-order valence-electron chi connectivity index (χ3n) is 6.35. The van der Waals surface area contributed by atoms with Crippen LogP contribution in [0.4, 0.5) is 11.4 Å². The summed E-state index contributed by atoms with van der Waals surface area (Å²) in [5, 5.41) is 8.73. The van der Waals surface area contributed by atoms with Crippen LogP contribution in [-0.2, 0) is 9.53 Å². The van der Waals surface area contributed by atoms with Crippen molar-refractivity contribution >= 4 is 46.7 Å². The van der Waals surface area contributed by atoms with Crippen LogP contribution in [0.2, 0.25) is 0 Å². The molecule has 1 amide bonds. The van der Waals surface area contributed by atoms with E-state index in [4.69, 9.17) is 14.3 Å². The van der Waals surface area contributed by atoms with Gasteiger partial charge in [-0.3, -0.25) is 4.79 Å². The number of ether oxygens (including phenoxy) is 1. The summed E-state index contributed by atoms with van der Waals surface area (Å²) in [7, 11) is 0. The Balaban J connectivity index is 0.00000294. The van der Waals surface area contributed by atoms with E-state index in [0.29, 0.717) is 11.5 Å². The first-order chi connectivity index (χ1) is 18.2. The summed E-state index contributed by atoms with van der Waals surface area (Å²) in [6, 6.07) is 27.6. The third-order valence-corrected chi connectivity index (χ3v) is 6.35. The standard InChI is InChI=1S/C30H26N4O3.ClH/c35-29(31-24-11-13-25(14-12-24)33-16-18-36-19-17-33)15-10-23-21-34(26-7-2-1-3-8-26)32-30(23)28-20-22-6-4-5-9-27(22)37-28;/h1-15,20-21H,16-19H2,(H,31,35);1H/b15-10+;. The van der Waals surface area contributed by atoms with E-state index in [0.717, 1.165) is 59.9 Å². The molecule has 1 aliphatic rings. The van der Waals surface area contributed by atoms with Crippen LogP contribution in [0.3, 0.4) is 0 Å². The molecule has 2 aromatic heterocycles. The van der Waals surface area contributed by atoms with Crippen molar-refractivity contribution in [1.29, 1.82) is 0 Å². The van der Waals surface area contributed by atoms with E-state index in [2.05, 4.69) is 10.2 Å². The molecule has 1 saturated heterocycles. The van der Waals surface area contributed by atoms with Crippen molar-refractivity contribution in [2.75, 3.05) is 36.5 Å². The van der Waals surface area contributed by atoms with Gasteiger partial charge in [-0.1, -0.05) is 36.4 Å². The maximum atomic E-state index is 12.8. The van der Waals surface area contributed by atoms with Crippen LogP contribution in [0.5, 0.6) is 0 Å². The lowest BCUT2D eigenvalue weighted by atomic mass is 10.1. The first kappa shape index (κ1) is 25.3. The number of hydrogen-bond acceptors (Lipinski definition) is 5. The number of amides is 1. The molecule has 3 heterocycles. The number of furan rings is 1. The van der Waals surface area contributed by atoms with Crippen molar-refractivity contribution in [3.8, 4) is 17.1 Å². The summed E-state index contributed by atoms with van der Waals surface area (Å²) in [5.74, 6) is 0.428. The maximum Gasteiger partial charge on any atom is 0.248 e. The minimum atomic E-state index is -0.220. The number of morpholine rings is 1. The first-order valence-electron chi connectivity index (χ1n) is 12.3. The van der Waals surface area contributed by atoms with Gasteiger partial charge in [0.15, 0.2) is 5.76 Å². The monoisotopic (exact) mass is 526 g/mol. The smallest absolute Gasteiger partial charge is 0.248 e. The highest BCUT2D eigenvalue weighted by Gasteiger charge is 2.16. The van der Waals surface area contributed by atoms with E-state index < -0.39 is 0 Å². The fourth-order valence-corrected chi connectivity index (χ4v) is 4.44. The van der Waals surface area contributed by atoms with Gasteiger partial charge in [0.1, 0.15) is 11.3 Å². The second kappa shape index (κ2) is 11.4. The largest absolute Gasteiger partial charge is 0.454 e. The lowest BCUT2D eigenvalue weighted by molar-refractivity contribution is -0.111. The SMILES string of the molecule is Cl.O=C(/C=C/c1cn(-c2ccccc2)nc1-c1cc2ccccc2o1)Nc1ccc(N2CCOCC2)cc1. The van der Waals surface area contributed by atoms with Gasteiger partial charge < -0.3 is 19.4 Å². The quantitative estimate of drug-likeness (QED) is 0.267. The number of nitrogens with zero attached hydrogens (tertiary/aromatic N) is 3. The van der Waals surface area contributed by atoms with E-state index in [1.54, 1.807) is 10.8 Å². The Kier molecular flexibility index (Phi) is 7.58. The van der Waals surface area contributed by atoms with Crippen LogP contribution in [-0.4, -0.2) is 42.0 Å². The zero-order valence-electron chi connectivity index (χ0n) is 20.6.